The van der Waals surface area contributed by atoms with Crippen LogP contribution in [0.1, 0.15) is 11.1 Å². The largest absolute Gasteiger partial charge is 0.416 e. The first kappa shape index (κ1) is 12.0. The average molecular weight is 228 g/mol. The van der Waals surface area contributed by atoms with Gasteiger partial charge in [-0.25, -0.2) is 0 Å². The van der Waals surface area contributed by atoms with Gasteiger partial charge in [0.05, 0.1) is 5.56 Å². The molecule has 0 bridgehead atoms. The Morgan fingerprint density at radius 3 is 2.62 bits per heavy atom. The summed E-state index contributed by atoms with van der Waals surface area (Å²) in [6.45, 7) is 0. The molecule has 0 aromatic heterocycles. The third kappa shape index (κ3) is 2.73. The summed E-state index contributed by atoms with van der Waals surface area (Å²) in [5.74, 6) is 0. The van der Waals surface area contributed by atoms with Crippen LogP contribution in [0.2, 0.25) is 0 Å². The van der Waals surface area contributed by atoms with Gasteiger partial charge in [0.1, 0.15) is 13.2 Å². The van der Waals surface area contributed by atoms with Gasteiger partial charge in [0, 0.05) is 5.56 Å². The molecule has 6 heteroatoms. The second kappa shape index (κ2) is 4.66. The van der Waals surface area contributed by atoms with Gasteiger partial charge >= 0.3 is 6.18 Å². The SMILES string of the molecule is CO/N=C(\C#N)c1cccc(C(F)(F)F)c1. The number of benzene rings is 1. The zero-order chi connectivity index (χ0) is 12.2. The highest BCUT2D eigenvalue weighted by Gasteiger charge is 2.30. The van der Waals surface area contributed by atoms with Crippen LogP contribution in [-0.2, 0) is 11.0 Å². The second-order valence-electron chi connectivity index (χ2n) is 2.81. The molecule has 0 atom stereocenters. The van der Waals surface area contributed by atoms with Crippen LogP contribution in [0.4, 0.5) is 13.2 Å². The van der Waals surface area contributed by atoms with Crippen LogP contribution in [0.3, 0.4) is 0 Å². The summed E-state index contributed by atoms with van der Waals surface area (Å²) < 4.78 is 37.1. The van der Waals surface area contributed by atoms with E-state index in [0.29, 0.717) is 0 Å². The summed E-state index contributed by atoms with van der Waals surface area (Å²) in [5, 5.41) is 12.0. The predicted octanol–water partition coefficient (Wildman–Crippen LogP) is 2.58. The highest BCUT2D eigenvalue weighted by atomic mass is 19.4. The van der Waals surface area contributed by atoms with E-state index in [4.69, 9.17) is 5.26 Å². The monoisotopic (exact) mass is 228 g/mol. The molecule has 0 aliphatic heterocycles. The summed E-state index contributed by atoms with van der Waals surface area (Å²) in [5.41, 5.74) is -0.961. The minimum absolute atomic E-state index is 0.0687. The summed E-state index contributed by atoms with van der Waals surface area (Å²) >= 11 is 0. The maximum absolute atomic E-state index is 12.4. The van der Waals surface area contributed by atoms with Gasteiger partial charge in [-0.15, -0.1) is 0 Å². The van der Waals surface area contributed by atoms with Crippen LogP contribution in [-0.4, -0.2) is 12.8 Å². The van der Waals surface area contributed by atoms with E-state index >= 15 is 0 Å². The third-order valence-electron chi connectivity index (χ3n) is 1.75. The molecular formula is C10H7F3N2O. The van der Waals surface area contributed by atoms with Gasteiger partial charge < -0.3 is 4.84 Å². The molecule has 0 spiro atoms. The van der Waals surface area contributed by atoms with Crippen LogP contribution in [0.5, 0.6) is 0 Å². The number of oxime groups is 1. The lowest BCUT2D eigenvalue weighted by Gasteiger charge is -2.07. The van der Waals surface area contributed by atoms with Crippen LogP contribution < -0.4 is 0 Å². The number of nitriles is 1. The molecule has 1 aromatic carbocycles. The van der Waals surface area contributed by atoms with Gasteiger partial charge in [-0.3, -0.25) is 0 Å². The van der Waals surface area contributed by atoms with Gasteiger partial charge in [-0.05, 0) is 12.1 Å². The number of rotatable bonds is 2. The zero-order valence-electron chi connectivity index (χ0n) is 8.25. The van der Waals surface area contributed by atoms with Crippen molar-refractivity contribution in [3.05, 3.63) is 35.4 Å². The van der Waals surface area contributed by atoms with E-state index in [1.807, 2.05) is 0 Å². The fraction of sp³-hybridized carbons (Fsp3) is 0.200. The Morgan fingerprint density at radius 1 is 1.44 bits per heavy atom. The number of nitrogens with zero attached hydrogens (tertiary/aromatic N) is 2. The number of alkyl halides is 3. The van der Waals surface area contributed by atoms with Crippen LogP contribution in [0.25, 0.3) is 0 Å². The minimum atomic E-state index is -4.44. The van der Waals surface area contributed by atoms with E-state index in [1.54, 1.807) is 6.07 Å². The van der Waals surface area contributed by atoms with E-state index < -0.39 is 11.7 Å². The fourth-order valence-electron chi connectivity index (χ4n) is 1.07. The summed E-state index contributed by atoms with van der Waals surface area (Å²) in [6.07, 6.45) is -4.44. The molecule has 0 saturated heterocycles. The Morgan fingerprint density at radius 2 is 2.12 bits per heavy atom. The highest BCUT2D eigenvalue weighted by molar-refractivity contribution is 6.11. The lowest BCUT2D eigenvalue weighted by atomic mass is 10.1. The van der Waals surface area contributed by atoms with Gasteiger partial charge in [-0.2, -0.15) is 18.4 Å². The number of hydrogen-bond acceptors (Lipinski definition) is 3. The highest BCUT2D eigenvalue weighted by Crippen LogP contribution is 2.29. The molecule has 0 aliphatic rings. The molecule has 1 rings (SSSR count). The molecule has 16 heavy (non-hydrogen) atoms. The summed E-state index contributed by atoms with van der Waals surface area (Å²) in [4.78, 5) is 4.36. The first-order valence-corrected chi connectivity index (χ1v) is 4.18. The minimum Gasteiger partial charge on any atom is -0.398 e. The van der Waals surface area contributed by atoms with Gasteiger partial charge in [-0.1, -0.05) is 17.3 Å². The quantitative estimate of drug-likeness (QED) is 0.576. The number of hydrogen-bond donors (Lipinski definition) is 0. The maximum Gasteiger partial charge on any atom is 0.416 e. The van der Waals surface area contributed by atoms with Gasteiger partial charge in [0.2, 0.25) is 0 Å². The molecule has 0 radical (unpaired) electrons. The summed E-state index contributed by atoms with van der Waals surface area (Å²) in [7, 11) is 1.21. The Hall–Kier alpha value is -2.03. The van der Waals surface area contributed by atoms with Crippen LogP contribution >= 0.6 is 0 Å². The first-order valence-electron chi connectivity index (χ1n) is 4.18. The van der Waals surface area contributed by atoms with Crippen molar-refractivity contribution in [1.29, 1.82) is 5.26 Å². The van der Waals surface area contributed by atoms with Crippen LogP contribution in [0, 0.1) is 11.3 Å². The van der Waals surface area contributed by atoms with Crippen LogP contribution in [0.15, 0.2) is 29.4 Å². The molecule has 3 nitrogen and oxygen atoms in total. The van der Waals surface area contributed by atoms with Crippen molar-refractivity contribution < 1.29 is 18.0 Å². The third-order valence-corrected chi connectivity index (χ3v) is 1.75. The topological polar surface area (TPSA) is 45.4 Å². The van der Waals surface area contributed by atoms with E-state index in [1.165, 1.54) is 19.2 Å². The van der Waals surface area contributed by atoms with E-state index in [-0.39, 0.29) is 11.3 Å². The Balaban J connectivity index is 3.18. The molecule has 0 fully saturated rings. The first-order chi connectivity index (χ1) is 7.49. The van der Waals surface area contributed by atoms with Crippen molar-refractivity contribution in [2.45, 2.75) is 6.18 Å². The fourth-order valence-corrected chi connectivity index (χ4v) is 1.07. The molecule has 0 saturated carbocycles. The molecule has 0 aliphatic carbocycles. The van der Waals surface area contributed by atoms with Crippen molar-refractivity contribution >= 4 is 5.71 Å². The van der Waals surface area contributed by atoms with Gasteiger partial charge in [0.15, 0.2) is 5.71 Å². The normalized spacial score (nSPS) is 12.1. The molecule has 0 amide bonds. The lowest BCUT2D eigenvalue weighted by Crippen LogP contribution is -2.07. The maximum atomic E-state index is 12.4. The molecule has 0 heterocycles. The van der Waals surface area contributed by atoms with Crippen molar-refractivity contribution in [1.82, 2.24) is 0 Å². The van der Waals surface area contributed by atoms with Crippen molar-refractivity contribution in [3.8, 4) is 6.07 Å². The molecule has 84 valence electrons. The molecular weight excluding hydrogens is 221 g/mol. The van der Waals surface area contributed by atoms with E-state index in [0.717, 1.165) is 12.1 Å². The van der Waals surface area contributed by atoms with E-state index in [2.05, 4.69) is 9.99 Å². The average Bonchev–Trinajstić information content (AvgIpc) is 2.25. The second-order valence-corrected chi connectivity index (χ2v) is 2.81. The van der Waals surface area contributed by atoms with Gasteiger partial charge in [0.25, 0.3) is 0 Å². The Kier molecular flexibility index (Phi) is 3.51. The Bertz CT molecular complexity index is 446. The predicted molar refractivity (Wildman–Crippen MR) is 50.6 cm³/mol. The molecule has 1 aromatic rings. The smallest absolute Gasteiger partial charge is 0.398 e. The zero-order valence-corrected chi connectivity index (χ0v) is 8.25. The standard InChI is InChI=1S/C10H7F3N2O/c1-16-15-9(6-14)7-3-2-4-8(5-7)10(11,12)13/h2-5H,1H3/b15-9+. The summed E-state index contributed by atoms with van der Waals surface area (Å²) in [6, 6.07) is 5.99. The lowest BCUT2D eigenvalue weighted by molar-refractivity contribution is -0.137. The van der Waals surface area contributed by atoms with E-state index in [9.17, 15) is 13.2 Å². The van der Waals surface area contributed by atoms with Crippen molar-refractivity contribution in [3.63, 3.8) is 0 Å². The van der Waals surface area contributed by atoms with Crippen molar-refractivity contribution in [2.24, 2.45) is 5.16 Å². The molecule has 0 N–H and O–H groups in total. The molecule has 0 unspecified atom stereocenters. The Labute approximate surface area is 89.7 Å². The number of halogens is 3. The van der Waals surface area contributed by atoms with Crippen molar-refractivity contribution in [2.75, 3.05) is 7.11 Å².